The summed E-state index contributed by atoms with van der Waals surface area (Å²) in [7, 11) is 0. The molecule has 0 bridgehead atoms. The number of ether oxygens (including phenoxy) is 1. The number of carbonyl (C=O) groups is 1. The number of carbonyl (C=O) groups excluding carboxylic acids is 1. The van der Waals surface area contributed by atoms with Crippen LogP contribution in [0, 0.1) is 0 Å². The second-order valence-electron chi connectivity index (χ2n) is 2.97. The Morgan fingerprint density at radius 2 is 2.64 bits per heavy atom. The van der Waals surface area contributed by atoms with Gasteiger partial charge < -0.3 is 10.1 Å². The fourth-order valence-electron chi connectivity index (χ4n) is 1.23. The summed E-state index contributed by atoms with van der Waals surface area (Å²) in [5.41, 5.74) is 0.712. The third kappa shape index (κ3) is 1.95. The Morgan fingerprint density at radius 1 is 1.79 bits per heavy atom. The third-order valence-electron chi connectivity index (χ3n) is 1.86. The second kappa shape index (κ2) is 3.83. The van der Waals surface area contributed by atoms with E-state index in [2.05, 4.69) is 15.6 Å². The van der Waals surface area contributed by atoms with E-state index >= 15 is 0 Å². The topological polar surface area (TPSA) is 69.0 Å². The summed E-state index contributed by atoms with van der Waals surface area (Å²) >= 11 is 5.57. The molecule has 1 aliphatic heterocycles. The molecule has 1 aliphatic rings. The van der Waals surface area contributed by atoms with Crippen LogP contribution in [0.4, 0.5) is 4.79 Å². The molecule has 1 fully saturated rings. The monoisotopic (exact) mass is 216 g/mol. The fraction of sp³-hybridized carbons (Fsp3) is 0.571. The van der Waals surface area contributed by atoms with Crippen LogP contribution in [0.1, 0.15) is 5.69 Å². The van der Waals surface area contributed by atoms with Crippen LogP contribution >= 0.6 is 11.6 Å². The third-order valence-corrected chi connectivity index (χ3v) is 2.14. The molecule has 1 saturated heterocycles. The van der Waals surface area contributed by atoms with Gasteiger partial charge in [-0.1, -0.05) is 5.21 Å². The highest BCUT2D eigenvalue weighted by Gasteiger charge is 2.23. The van der Waals surface area contributed by atoms with Crippen molar-refractivity contribution < 1.29 is 9.53 Å². The quantitative estimate of drug-likeness (QED) is 0.729. The Labute approximate surface area is 85.2 Å². The largest absolute Gasteiger partial charge is 0.442 e. The Hall–Kier alpha value is -1.30. The predicted octanol–water partition coefficient (Wildman–Crippen LogP) is 0.125. The number of amides is 1. The van der Waals surface area contributed by atoms with Crippen molar-refractivity contribution in [2.24, 2.45) is 0 Å². The number of hydrogen-bond acceptors (Lipinski definition) is 4. The Morgan fingerprint density at radius 3 is 3.21 bits per heavy atom. The van der Waals surface area contributed by atoms with Crippen molar-refractivity contribution >= 4 is 17.7 Å². The van der Waals surface area contributed by atoms with Crippen molar-refractivity contribution in [2.45, 2.75) is 18.5 Å². The number of alkyl halides is 1. The second-order valence-corrected chi connectivity index (χ2v) is 3.24. The molecule has 0 saturated carbocycles. The molecule has 14 heavy (non-hydrogen) atoms. The van der Waals surface area contributed by atoms with Gasteiger partial charge in [0.2, 0.25) is 0 Å². The van der Waals surface area contributed by atoms with Crippen molar-refractivity contribution in [1.82, 2.24) is 20.3 Å². The molecular formula is C7H9ClN4O2. The van der Waals surface area contributed by atoms with E-state index in [0.29, 0.717) is 24.7 Å². The van der Waals surface area contributed by atoms with Gasteiger partial charge in [0.05, 0.1) is 24.7 Å². The van der Waals surface area contributed by atoms with Crippen LogP contribution in [-0.4, -0.2) is 33.7 Å². The molecular weight excluding hydrogens is 208 g/mol. The molecule has 1 atom stereocenters. The lowest BCUT2D eigenvalue weighted by Crippen LogP contribution is -2.20. The zero-order valence-electron chi connectivity index (χ0n) is 7.31. The summed E-state index contributed by atoms with van der Waals surface area (Å²) in [4.78, 5) is 10.7. The average molecular weight is 217 g/mol. The first-order chi connectivity index (χ1) is 6.78. The Bertz CT molecular complexity index is 340. The molecule has 0 radical (unpaired) electrons. The highest BCUT2D eigenvalue weighted by molar-refractivity contribution is 6.16. The average Bonchev–Trinajstić information content (AvgIpc) is 2.76. The van der Waals surface area contributed by atoms with Gasteiger partial charge in [-0.15, -0.1) is 16.7 Å². The molecule has 1 aromatic heterocycles. The van der Waals surface area contributed by atoms with Crippen molar-refractivity contribution in [3.8, 4) is 0 Å². The van der Waals surface area contributed by atoms with E-state index in [4.69, 9.17) is 16.3 Å². The highest BCUT2D eigenvalue weighted by Crippen LogP contribution is 2.04. The van der Waals surface area contributed by atoms with Crippen LogP contribution in [0.15, 0.2) is 6.20 Å². The summed E-state index contributed by atoms with van der Waals surface area (Å²) < 4.78 is 6.55. The van der Waals surface area contributed by atoms with Gasteiger partial charge in [-0.05, 0) is 0 Å². The predicted molar refractivity (Wildman–Crippen MR) is 47.9 cm³/mol. The molecule has 1 unspecified atom stereocenters. The number of aromatic nitrogens is 3. The Kier molecular flexibility index (Phi) is 2.53. The first-order valence-corrected chi connectivity index (χ1v) is 4.71. The molecule has 1 aromatic rings. The molecule has 76 valence electrons. The molecule has 6 nitrogen and oxygen atoms in total. The molecule has 7 heteroatoms. The highest BCUT2D eigenvalue weighted by atomic mass is 35.5. The molecule has 0 spiro atoms. The number of hydrogen-bond donors (Lipinski definition) is 1. The number of nitrogens with zero attached hydrogens (tertiary/aromatic N) is 3. The maximum atomic E-state index is 10.7. The fourth-order valence-corrected chi connectivity index (χ4v) is 1.35. The van der Waals surface area contributed by atoms with Crippen LogP contribution in [0.5, 0.6) is 0 Å². The summed E-state index contributed by atoms with van der Waals surface area (Å²) in [6, 6.07) is 0. The van der Waals surface area contributed by atoms with E-state index in [1.807, 2.05) is 0 Å². The van der Waals surface area contributed by atoms with Crippen molar-refractivity contribution in [1.29, 1.82) is 0 Å². The maximum Gasteiger partial charge on any atom is 0.407 e. The molecule has 2 rings (SSSR count). The summed E-state index contributed by atoms with van der Waals surface area (Å²) in [5.74, 6) is 0.336. The molecule has 1 amide bonds. The number of rotatable bonds is 3. The van der Waals surface area contributed by atoms with E-state index in [0.717, 1.165) is 0 Å². The first kappa shape index (κ1) is 9.26. The van der Waals surface area contributed by atoms with Crippen LogP contribution in [0.3, 0.4) is 0 Å². The van der Waals surface area contributed by atoms with Crippen molar-refractivity contribution in [2.75, 3.05) is 6.54 Å². The van der Waals surface area contributed by atoms with Gasteiger partial charge in [0.25, 0.3) is 0 Å². The van der Waals surface area contributed by atoms with Gasteiger partial charge in [-0.3, -0.25) is 0 Å². The lowest BCUT2D eigenvalue weighted by molar-refractivity contribution is 0.128. The molecule has 1 N–H and O–H groups in total. The van der Waals surface area contributed by atoms with E-state index in [9.17, 15) is 4.79 Å². The van der Waals surface area contributed by atoms with Gasteiger partial charge in [-0.2, -0.15) is 0 Å². The Balaban J connectivity index is 1.93. The number of nitrogens with one attached hydrogen (secondary N) is 1. The number of alkyl carbamates (subject to hydrolysis) is 1. The zero-order valence-corrected chi connectivity index (χ0v) is 8.07. The lowest BCUT2D eigenvalue weighted by atomic mass is 10.3. The standard InChI is InChI=1S/C7H9ClN4O2/c8-1-5-3-12(11-10-5)4-6-2-9-7(13)14-6/h3,6H,1-2,4H2,(H,9,13). The summed E-state index contributed by atoms with van der Waals surface area (Å²) in [6.45, 7) is 1.01. The van der Waals surface area contributed by atoms with Crippen LogP contribution in [-0.2, 0) is 17.2 Å². The van der Waals surface area contributed by atoms with Gasteiger partial charge in [-0.25, -0.2) is 9.48 Å². The number of cyclic esters (lactones) is 1. The van der Waals surface area contributed by atoms with E-state index in [-0.39, 0.29) is 12.2 Å². The van der Waals surface area contributed by atoms with Gasteiger partial charge in [0.15, 0.2) is 0 Å². The summed E-state index contributed by atoms with van der Waals surface area (Å²) in [6.07, 6.45) is 1.18. The zero-order chi connectivity index (χ0) is 9.97. The van der Waals surface area contributed by atoms with Crippen molar-refractivity contribution in [3.63, 3.8) is 0 Å². The SMILES string of the molecule is O=C1NCC(Cn2cc(CCl)nn2)O1. The van der Waals surface area contributed by atoms with Crippen LogP contribution in [0.2, 0.25) is 0 Å². The minimum atomic E-state index is -0.382. The van der Waals surface area contributed by atoms with E-state index < -0.39 is 0 Å². The van der Waals surface area contributed by atoms with Gasteiger partial charge in [0, 0.05) is 6.20 Å². The minimum Gasteiger partial charge on any atom is -0.442 e. The smallest absolute Gasteiger partial charge is 0.407 e. The van der Waals surface area contributed by atoms with E-state index in [1.54, 1.807) is 10.9 Å². The minimum absolute atomic E-state index is 0.174. The van der Waals surface area contributed by atoms with E-state index in [1.165, 1.54) is 0 Å². The van der Waals surface area contributed by atoms with Gasteiger partial charge >= 0.3 is 6.09 Å². The number of halogens is 1. The summed E-state index contributed by atoms with van der Waals surface area (Å²) in [5, 5.41) is 10.2. The van der Waals surface area contributed by atoms with Crippen molar-refractivity contribution in [3.05, 3.63) is 11.9 Å². The van der Waals surface area contributed by atoms with Crippen LogP contribution in [0.25, 0.3) is 0 Å². The van der Waals surface area contributed by atoms with Gasteiger partial charge in [0.1, 0.15) is 6.10 Å². The first-order valence-electron chi connectivity index (χ1n) is 4.17. The molecule has 0 aliphatic carbocycles. The molecule has 2 heterocycles. The lowest BCUT2D eigenvalue weighted by Gasteiger charge is -2.05. The molecule has 0 aromatic carbocycles. The normalized spacial score (nSPS) is 20.6. The van der Waals surface area contributed by atoms with Crippen LogP contribution < -0.4 is 5.32 Å². The maximum absolute atomic E-state index is 10.7.